The van der Waals surface area contributed by atoms with E-state index >= 15 is 0 Å². The minimum Gasteiger partial charge on any atom is -0.352 e. The number of carbonyl (C=O) groups is 2. The van der Waals surface area contributed by atoms with E-state index < -0.39 is 34.3 Å². The molecule has 2 aromatic rings. The highest BCUT2D eigenvalue weighted by molar-refractivity contribution is 7.92. The average molecular weight is 490 g/mol. The summed E-state index contributed by atoms with van der Waals surface area (Å²) in [5, 5.41) is 3.02. The van der Waals surface area contributed by atoms with Crippen LogP contribution in [0.25, 0.3) is 0 Å². The van der Waals surface area contributed by atoms with E-state index in [1.807, 2.05) is 31.2 Å². The molecule has 0 radical (unpaired) electrons. The van der Waals surface area contributed by atoms with E-state index in [0.29, 0.717) is 0 Å². The molecule has 3 rings (SSSR count). The lowest BCUT2D eigenvalue weighted by Crippen LogP contribution is -2.52. The zero-order valence-electron chi connectivity index (χ0n) is 19.8. The fourth-order valence-corrected chi connectivity index (χ4v) is 4.94. The van der Waals surface area contributed by atoms with Crippen LogP contribution in [-0.2, 0) is 26.2 Å². The Kier molecular flexibility index (Phi) is 8.30. The van der Waals surface area contributed by atoms with Crippen LogP contribution in [0, 0.1) is 12.7 Å². The topological polar surface area (TPSA) is 86.8 Å². The number of hydrogen-bond acceptors (Lipinski definition) is 4. The van der Waals surface area contributed by atoms with Crippen LogP contribution in [0.5, 0.6) is 0 Å². The summed E-state index contributed by atoms with van der Waals surface area (Å²) >= 11 is 0. The first-order chi connectivity index (χ1) is 16.0. The summed E-state index contributed by atoms with van der Waals surface area (Å²) in [6.07, 6.45) is 4.94. The van der Waals surface area contributed by atoms with Gasteiger partial charge in [0, 0.05) is 12.6 Å². The molecule has 1 fully saturated rings. The van der Waals surface area contributed by atoms with Gasteiger partial charge in [-0.15, -0.1) is 0 Å². The first-order valence-corrected chi connectivity index (χ1v) is 13.3. The molecule has 184 valence electrons. The van der Waals surface area contributed by atoms with Crippen LogP contribution in [0.3, 0.4) is 0 Å². The van der Waals surface area contributed by atoms with Gasteiger partial charge in [-0.05, 0) is 56.5 Å². The summed E-state index contributed by atoms with van der Waals surface area (Å²) in [5.74, 6) is -1.30. The SMILES string of the molecule is Cc1ccc(CN(C(=O)CN(c2ccc(F)cc2)S(C)(=O)=O)[C@@H](C)C(=O)NC2CCCC2)cc1. The number of hydrogen-bond donors (Lipinski definition) is 1. The van der Waals surface area contributed by atoms with Gasteiger partial charge in [0.15, 0.2) is 0 Å². The van der Waals surface area contributed by atoms with E-state index in [1.54, 1.807) is 6.92 Å². The smallest absolute Gasteiger partial charge is 0.244 e. The van der Waals surface area contributed by atoms with E-state index in [1.165, 1.54) is 17.0 Å². The Morgan fingerprint density at radius 3 is 2.21 bits per heavy atom. The molecule has 0 aliphatic heterocycles. The Morgan fingerprint density at radius 2 is 1.65 bits per heavy atom. The molecule has 0 heterocycles. The van der Waals surface area contributed by atoms with Crippen LogP contribution in [0.1, 0.15) is 43.7 Å². The maximum Gasteiger partial charge on any atom is 0.244 e. The number of amides is 2. The molecule has 1 atom stereocenters. The lowest BCUT2D eigenvalue weighted by molar-refractivity contribution is -0.139. The molecule has 2 amide bonds. The van der Waals surface area contributed by atoms with Gasteiger partial charge in [-0.25, -0.2) is 12.8 Å². The Bertz CT molecular complexity index is 1100. The normalized spacial score (nSPS) is 15.1. The number of rotatable bonds is 9. The number of aryl methyl sites for hydroxylation is 1. The molecule has 2 aromatic carbocycles. The minimum atomic E-state index is -3.84. The largest absolute Gasteiger partial charge is 0.352 e. The molecule has 0 spiro atoms. The summed E-state index contributed by atoms with van der Waals surface area (Å²) in [5.41, 5.74) is 2.07. The van der Waals surface area contributed by atoms with E-state index in [4.69, 9.17) is 0 Å². The predicted octanol–water partition coefficient (Wildman–Crippen LogP) is 3.38. The lowest BCUT2D eigenvalue weighted by atomic mass is 10.1. The highest BCUT2D eigenvalue weighted by Crippen LogP contribution is 2.21. The summed E-state index contributed by atoms with van der Waals surface area (Å²) < 4.78 is 39.3. The van der Waals surface area contributed by atoms with Crippen LogP contribution in [0.2, 0.25) is 0 Å². The zero-order chi connectivity index (χ0) is 24.9. The number of halogens is 1. The van der Waals surface area contributed by atoms with Gasteiger partial charge >= 0.3 is 0 Å². The first kappa shape index (κ1) is 25.7. The van der Waals surface area contributed by atoms with Gasteiger partial charge in [0.05, 0.1) is 11.9 Å². The molecule has 0 bridgehead atoms. The highest BCUT2D eigenvalue weighted by atomic mass is 32.2. The maximum absolute atomic E-state index is 13.5. The molecular formula is C25H32FN3O4S. The van der Waals surface area contributed by atoms with Crippen molar-refractivity contribution in [1.29, 1.82) is 0 Å². The second kappa shape index (κ2) is 11.0. The van der Waals surface area contributed by atoms with E-state index in [2.05, 4.69) is 5.32 Å². The molecule has 0 saturated heterocycles. The monoisotopic (exact) mass is 489 g/mol. The number of nitrogens with one attached hydrogen (secondary N) is 1. The summed E-state index contributed by atoms with van der Waals surface area (Å²) in [4.78, 5) is 27.9. The molecule has 0 unspecified atom stereocenters. The van der Waals surface area contributed by atoms with Gasteiger partial charge in [-0.2, -0.15) is 0 Å². The van der Waals surface area contributed by atoms with Gasteiger partial charge < -0.3 is 10.2 Å². The highest BCUT2D eigenvalue weighted by Gasteiger charge is 2.31. The number of carbonyl (C=O) groups excluding carboxylic acids is 2. The first-order valence-electron chi connectivity index (χ1n) is 11.4. The van der Waals surface area contributed by atoms with Gasteiger partial charge in [0.2, 0.25) is 21.8 Å². The van der Waals surface area contributed by atoms with E-state index in [-0.39, 0.29) is 24.2 Å². The van der Waals surface area contributed by atoms with Gasteiger partial charge in [-0.1, -0.05) is 42.7 Å². The Balaban J connectivity index is 1.86. The summed E-state index contributed by atoms with van der Waals surface area (Å²) in [6.45, 7) is 3.26. The van der Waals surface area contributed by atoms with Crippen molar-refractivity contribution >= 4 is 27.5 Å². The van der Waals surface area contributed by atoms with Crippen LogP contribution >= 0.6 is 0 Å². The van der Waals surface area contributed by atoms with Crippen LogP contribution in [0.15, 0.2) is 48.5 Å². The van der Waals surface area contributed by atoms with Crippen LogP contribution in [0.4, 0.5) is 10.1 Å². The van der Waals surface area contributed by atoms with Crippen molar-refractivity contribution in [2.24, 2.45) is 0 Å². The maximum atomic E-state index is 13.5. The number of anilines is 1. The van der Waals surface area contributed by atoms with E-state index in [0.717, 1.165) is 59.5 Å². The second-order valence-electron chi connectivity index (χ2n) is 8.92. The van der Waals surface area contributed by atoms with Crippen molar-refractivity contribution in [2.75, 3.05) is 17.1 Å². The van der Waals surface area contributed by atoms with Gasteiger partial charge in [0.25, 0.3) is 0 Å². The molecule has 9 heteroatoms. The molecule has 1 aliphatic carbocycles. The molecule has 7 nitrogen and oxygen atoms in total. The van der Waals surface area contributed by atoms with Crippen molar-refractivity contribution in [3.05, 3.63) is 65.5 Å². The van der Waals surface area contributed by atoms with Gasteiger partial charge in [0.1, 0.15) is 18.4 Å². The molecule has 1 N–H and O–H groups in total. The summed E-state index contributed by atoms with van der Waals surface area (Å²) in [7, 11) is -3.84. The Labute approximate surface area is 201 Å². The lowest BCUT2D eigenvalue weighted by Gasteiger charge is -2.32. The second-order valence-corrected chi connectivity index (χ2v) is 10.8. The number of nitrogens with zero attached hydrogens (tertiary/aromatic N) is 2. The molecular weight excluding hydrogens is 457 g/mol. The van der Waals surface area contributed by atoms with Crippen molar-refractivity contribution in [1.82, 2.24) is 10.2 Å². The van der Waals surface area contributed by atoms with Crippen LogP contribution in [-0.4, -0.2) is 50.0 Å². The third-order valence-corrected chi connectivity index (χ3v) is 7.28. The predicted molar refractivity (Wildman–Crippen MR) is 130 cm³/mol. The van der Waals surface area contributed by atoms with Crippen molar-refractivity contribution in [2.45, 2.75) is 58.2 Å². The third kappa shape index (κ3) is 6.79. The average Bonchev–Trinajstić information content (AvgIpc) is 3.29. The number of sulfonamides is 1. The fraction of sp³-hybridized carbons (Fsp3) is 0.440. The molecule has 1 saturated carbocycles. The fourth-order valence-electron chi connectivity index (χ4n) is 4.09. The van der Waals surface area contributed by atoms with Crippen molar-refractivity contribution in [3.8, 4) is 0 Å². The van der Waals surface area contributed by atoms with Crippen molar-refractivity contribution < 1.29 is 22.4 Å². The Hall–Kier alpha value is -2.94. The standard InChI is InChI=1S/C25H32FN3O4S/c1-18-8-10-20(11-9-18)16-28(19(2)25(31)27-22-6-4-5-7-22)24(30)17-29(34(3,32)33)23-14-12-21(26)13-15-23/h8-15,19,22H,4-7,16-17H2,1-3H3,(H,27,31)/t19-/m0/s1. The van der Waals surface area contributed by atoms with Crippen molar-refractivity contribution in [3.63, 3.8) is 0 Å². The van der Waals surface area contributed by atoms with Gasteiger partial charge in [-0.3, -0.25) is 13.9 Å². The van der Waals surface area contributed by atoms with E-state index in [9.17, 15) is 22.4 Å². The summed E-state index contributed by atoms with van der Waals surface area (Å²) in [6, 6.07) is 11.8. The molecule has 1 aliphatic rings. The Morgan fingerprint density at radius 1 is 1.06 bits per heavy atom. The molecule has 34 heavy (non-hydrogen) atoms. The number of benzene rings is 2. The zero-order valence-corrected chi connectivity index (χ0v) is 20.6. The third-order valence-electron chi connectivity index (χ3n) is 6.14. The molecule has 0 aromatic heterocycles. The quantitative estimate of drug-likeness (QED) is 0.585. The van der Waals surface area contributed by atoms with Crippen LogP contribution < -0.4 is 9.62 Å². The minimum absolute atomic E-state index is 0.0954.